The molecule has 0 saturated heterocycles. The molecule has 9 heteroatoms. The molecule has 0 aliphatic carbocycles. The average Bonchev–Trinajstić information content (AvgIpc) is 2.91. The number of anilines is 1. The molecule has 0 atom stereocenters. The number of carbonyl (C=O) groups is 1. The molecule has 0 bridgehead atoms. The number of amides is 1. The number of hydrogen-bond donors (Lipinski definition) is 1. The Morgan fingerprint density at radius 2 is 1.79 bits per heavy atom. The van der Waals surface area contributed by atoms with E-state index in [1.807, 2.05) is 0 Å². The van der Waals surface area contributed by atoms with Crippen LogP contribution in [0, 0.1) is 0 Å². The summed E-state index contributed by atoms with van der Waals surface area (Å²) in [6.45, 7) is 0.863. The van der Waals surface area contributed by atoms with E-state index in [1.165, 1.54) is 30.3 Å². The van der Waals surface area contributed by atoms with Gasteiger partial charge in [0.25, 0.3) is 5.91 Å². The number of pyridine rings is 1. The molecule has 0 unspecified atom stereocenters. The fourth-order valence-corrected chi connectivity index (χ4v) is 3.29. The maximum absolute atomic E-state index is 13.8. The van der Waals surface area contributed by atoms with Crippen LogP contribution in [0.5, 0.6) is 11.5 Å². The third kappa shape index (κ3) is 3.80. The second-order valence-corrected chi connectivity index (χ2v) is 6.75. The molecule has 0 saturated carbocycles. The van der Waals surface area contributed by atoms with Crippen molar-refractivity contribution in [3.63, 3.8) is 0 Å². The first kappa shape index (κ1) is 19.3. The number of alkyl halides is 3. The van der Waals surface area contributed by atoms with Gasteiger partial charge in [-0.2, -0.15) is 13.2 Å². The number of ether oxygens (including phenoxy) is 2. The maximum atomic E-state index is 13.8. The lowest BCUT2D eigenvalue weighted by molar-refractivity contribution is -0.136. The number of rotatable bonds is 2. The minimum absolute atomic E-state index is 0.113. The van der Waals surface area contributed by atoms with Crippen LogP contribution in [0.25, 0.3) is 10.9 Å². The van der Waals surface area contributed by atoms with Crippen molar-refractivity contribution in [2.45, 2.75) is 12.6 Å². The molecule has 0 spiro atoms. The van der Waals surface area contributed by atoms with Crippen LogP contribution in [0.3, 0.4) is 0 Å². The van der Waals surface area contributed by atoms with Crippen LogP contribution in [0.2, 0.25) is 5.02 Å². The molecule has 5 nitrogen and oxygen atoms in total. The number of nitrogens with zero attached hydrogens (tertiary/aromatic N) is 1. The molecular formula is C20H14ClF3N2O3. The summed E-state index contributed by atoms with van der Waals surface area (Å²) < 4.78 is 52.3. The zero-order valence-corrected chi connectivity index (χ0v) is 15.6. The van der Waals surface area contributed by atoms with Gasteiger partial charge in [0.1, 0.15) is 0 Å². The van der Waals surface area contributed by atoms with E-state index in [0.717, 1.165) is 6.20 Å². The highest BCUT2D eigenvalue weighted by atomic mass is 35.5. The fraction of sp³-hybridized carbons (Fsp3) is 0.200. The van der Waals surface area contributed by atoms with E-state index in [2.05, 4.69) is 10.3 Å². The van der Waals surface area contributed by atoms with Crippen LogP contribution < -0.4 is 14.8 Å². The minimum Gasteiger partial charge on any atom is -0.490 e. The number of halogens is 4. The van der Waals surface area contributed by atoms with Crippen molar-refractivity contribution in [3.8, 4) is 11.5 Å². The van der Waals surface area contributed by atoms with Crippen LogP contribution in [0.4, 0.5) is 18.9 Å². The van der Waals surface area contributed by atoms with Gasteiger partial charge in [0, 0.05) is 30.1 Å². The SMILES string of the molecule is O=C(Nc1cc2c(cc1Cl)OCCCO2)c1cnc2ccccc2c1C(F)(F)F. The van der Waals surface area contributed by atoms with Crippen molar-refractivity contribution in [2.75, 3.05) is 18.5 Å². The van der Waals surface area contributed by atoms with Gasteiger partial charge in [-0.05, 0) is 6.07 Å². The molecule has 2 heterocycles. The van der Waals surface area contributed by atoms with Gasteiger partial charge in [-0.25, -0.2) is 0 Å². The summed E-state index contributed by atoms with van der Waals surface area (Å²) in [5.74, 6) is -0.212. The van der Waals surface area contributed by atoms with E-state index in [9.17, 15) is 18.0 Å². The summed E-state index contributed by atoms with van der Waals surface area (Å²) in [6, 6.07) is 8.66. The van der Waals surface area contributed by atoms with E-state index < -0.39 is 23.2 Å². The highest BCUT2D eigenvalue weighted by Crippen LogP contribution is 2.39. The molecular weight excluding hydrogens is 409 g/mol. The number of para-hydroxylation sites is 1. The van der Waals surface area contributed by atoms with Crippen molar-refractivity contribution >= 4 is 34.1 Å². The Kier molecular flexibility index (Phi) is 4.96. The number of nitrogens with one attached hydrogen (secondary N) is 1. The van der Waals surface area contributed by atoms with E-state index >= 15 is 0 Å². The summed E-state index contributed by atoms with van der Waals surface area (Å²) in [4.78, 5) is 16.7. The molecule has 1 aromatic heterocycles. The summed E-state index contributed by atoms with van der Waals surface area (Å²) in [7, 11) is 0. The Morgan fingerprint density at radius 3 is 2.52 bits per heavy atom. The summed E-state index contributed by atoms with van der Waals surface area (Å²) in [5.41, 5.74) is -1.39. The first-order valence-electron chi connectivity index (χ1n) is 8.70. The monoisotopic (exact) mass is 422 g/mol. The van der Waals surface area contributed by atoms with E-state index in [-0.39, 0.29) is 21.6 Å². The van der Waals surface area contributed by atoms with Gasteiger partial charge in [-0.3, -0.25) is 9.78 Å². The first-order valence-corrected chi connectivity index (χ1v) is 9.08. The molecule has 1 N–H and O–H groups in total. The quantitative estimate of drug-likeness (QED) is 0.607. The summed E-state index contributed by atoms with van der Waals surface area (Å²) in [5, 5.41) is 2.39. The second kappa shape index (κ2) is 7.44. The second-order valence-electron chi connectivity index (χ2n) is 6.35. The highest BCUT2D eigenvalue weighted by molar-refractivity contribution is 6.34. The predicted octanol–water partition coefficient (Wildman–Crippen LogP) is 5.32. The van der Waals surface area contributed by atoms with Gasteiger partial charge in [0.05, 0.1) is 40.6 Å². The van der Waals surface area contributed by atoms with Crippen molar-refractivity contribution in [1.29, 1.82) is 0 Å². The van der Waals surface area contributed by atoms with Crippen LogP contribution >= 0.6 is 11.6 Å². The Morgan fingerprint density at radius 1 is 1.10 bits per heavy atom. The number of benzene rings is 2. The molecule has 1 aliphatic heterocycles. The van der Waals surface area contributed by atoms with Crippen LogP contribution in [-0.4, -0.2) is 24.1 Å². The Bertz CT molecular complexity index is 1100. The van der Waals surface area contributed by atoms with E-state index in [1.54, 1.807) is 6.07 Å². The fourth-order valence-electron chi connectivity index (χ4n) is 3.09. The molecule has 3 aromatic rings. The number of aromatic nitrogens is 1. The Hall–Kier alpha value is -3.00. The largest absolute Gasteiger partial charge is 0.490 e. The van der Waals surface area contributed by atoms with Gasteiger partial charge in [-0.1, -0.05) is 29.8 Å². The van der Waals surface area contributed by atoms with Crippen LogP contribution in [0.1, 0.15) is 22.3 Å². The number of carbonyl (C=O) groups excluding carboxylic acids is 1. The minimum atomic E-state index is -4.75. The van der Waals surface area contributed by atoms with E-state index in [0.29, 0.717) is 31.1 Å². The first-order chi connectivity index (χ1) is 13.8. The molecule has 29 heavy (non-hydrogen) atoms. The molecule has 4 rings (SSSR count). The number of hydrogen-bond acceptors (Lipinski definition) is 4. The van der Waals surface area contributed by atoms with Crippen molar-refractivity contribution < 1.29 is 27.4 Å². The van der Waals surface area contributed by atoms with Gasteiger partial charge < -0.3 is 14.8 Å². The molecule has 0 radical (unpaired) electrons. The average molecular weight is 423 g/mol. The third-order valence-electron chi connectivity index (χ3n) is 4.39. The normalized spacial score (nSPS) is 13.8. The lowest BCUT2D eigenvalue weighted by Gasteiger charge is -2.16. The van der Waals surface area contributed by atoms with Gasteiger partial charge in [0.2, 0.25) is 0 Å². The summed E-state index contributed by atoms with van der Waals surface area (Å²) >= 11 is 6.18. The third-order valence-corrected chi connectivity index (χ3v) is 4.70. The van der Waals surface area contributed by atoms with Gasteiger partial charge in [-0.15, -0.1) is 0 Å². The zero-order valence-electron chi connectivity index (χ0n) is 14.8. The van der Waals surface area contributed by atoms with E-state index in [4.69, 9.17) is 21.1 Å². The predicted molar refractivity (Wildman–Crippen MR) is 102 cm³/mol. The highest BCUT2D eigenvalue weighted by Gasteiger charge is 2.37. The molecule has 2 aromatic carbocycles. The lowest BCUT2D eigenvalue weighted by atomic mass is 10.0. The topological polar surface area (TPSA) is 60.5 Å². The van der Waals surface area contributed by atoms with Crippen molar-refractivity contribution in [1.82, 2.24) is 4.98 Å². The Labute approximate surface area is 168 Å². The summed E-state index contributed by atoms with van der Waals surface area (Å²) in [6.07, 6.45) is -3.16. The molecule has 1 aliphatic rings. The number of fused-ring (bicyclic) bond motifs is 2. The van der Waals surface area contributed by atoms with Crippen LogP contribution in [-0.2, 0) is 6.18 Å². The lowest BCUT2D eigenvalue weighted by Crippen LogP contribution is -2.20. The van der Waals surface area contributed by atoms with Gasteiger partial charge in [0.15, 0.2) is 11.5 Å². The molecule has 150 valence electrons. The maximum Gasteiger partial charge on any atom is 0.417 e. The van der Waals surface area contributed by atoms with Crippen molar-refractivity contribution in [3.05, 3.63) is 58.7 Å². The van der Waals surface area contributed by atoms with Gasteiger partial charge >= 0.3 is 6.18 Å². The molecule has 1 amide bonds. The molecule has 0 fully saturated rings. The zero-order chi connectivity index (χ0) is 20.6. The Balaban J connectivity index is 1.74. The smallest absolute Gasteiger partial charge is 0.417 e. The van der Waals surface area contributed by atoms with Crippen molar-refractivity contribution in [2.24, 2.45) is 0 Å². The standard InChI is InChI=1S/C20H14ClF3N2O3/c21-13-8-16-17(29-7-3-6-28-16)9-15(13)26-19(27)12-10-25-14-5-2-1-4-11(14)18(12)20(22,23)24/h1-2,4-5,8-10H,3,6-7H2,(H,26,27). The van der Waals surface area contributed by atoms with Crippen LogP contribution in [0.15, 0.2) is 42.6 Å².